The molecule has 10 nitrogen and oxygen atoms in total. The van der Waals surface area contributed by atoms with Gasteiger partial charge in [-0.15, -0.1) is 11.3 Å². The molecule has 3 rings (SSSR count). The molecule has 38 heavy (non-hydrogen) atoms. The van der Waals surface area contributed by atoms with Crippen LogP contribution in [0.4, 0.5) is 0 Å². The summed E-state index contributed by atoms with van der Waals surface area (Å²) in [5.41, 5.74) is 1.42. The van der Waals surface area contributed by atoms with E-state index < -0.39 is 36.4 Å². The fraction of sp³-hybridized carbons (Fsp3) is 0.519. The van der Waals surface area contributed by atoms with Crippen LogP contribution in [0.3, 0.4) is 0 Å². The quantitative estimate of drug-likeness (QED) is 0.293. The average molecular weight is 551 g/mol. The van der Waals surface area contributed by atoms with Crippen molar-refractivity contribution in [3.05, 3.63) is 57.3 Å². The smallest absolute Gasteiger partial charge is 0.336 e. The molecule has 1 aromatic carbocycles. The zero-order valence-electron chi connectivity index (χ0n) is 22.0. The molecule has 210 valence electrons. The van der Waals surface area contributed by atoms with Gasteiger partial charge in [0.2, 0.25) is 0 Å². The monoisotopic (exact) mass is 550 g/mol. The van der Waals surface area contributed by atoms with Gasteiger partial charge in [-0.3, -0.25) is 19.4 Å². The number of nitrogens with zero attached hydrogens (tertiary/aromatic N) is 2. The van der Waals surface area contributed by atoms with Gasteiger partial charge in [-0.2, -0.15) is 0 Å². The molecule has 0 bridgehead atoms. The molecule has 1 aromatic heterocycles. The van der Waals surface area contributed by atoms with Gasteiger partial charge in [0.1, 0.15) is 0 Å². The standard InChI is InChI=1S/C21H30N2OS.C6H8O7/c1-18-4-6-20(7-5-18)16-23(17-21-19(2)8-15-25-21)10-3-9-22-11-13-24-14-12-22;7-3(8)1-6(13,5(11)12)2-4(9)10/h4-8,15H,3,9-14,16-17H2,1-2H3;13H,1-2H2,(H,7,8)(H,9,10)(H,11,12). The third-order valence-corrected chi connectivity index (χ3v) is 7.21. The van der Waals surface area contributed by atoms with Crippen molar-refractivity contribution in [2.24, 2.45) is 0 Å². The van der Waals surface area contributed by atoms with Gasteiger partial charge >= 0.3 is 17.9 Å². The maximum atomic E-state index is 10.3. The van der Waals surface area contributed by atoms with Gasteiger partial charge < -0.3 is 25.2 Å². The van der Waals surface area contributed by atoms with Gasteiger partial charge in [0.25, 0.3) is 0 Å². The number of carboxylic acids is 3. The van der Waals surface area contributed by atoms with Gasteiger partial charge in [-0.1, -0.05) is 29.8 Å². The highest BCUT2D eigenvalue weighted by molar-refractivity contribution is 7.10. The molecule has 0 unspecified atom stereocenters. The Balaban J connectivity index is 0.000000332. The molecule has 1 fully saturated rings. The van der Waals surface area contributed by atoms with E-state index in [-0.39, 0.29) is 0 Å². The van der Waals surface area contributed by atoms with Crippen LogP contribution in [0.5, 0.6) is 0 Å². The first kappa shape index (κ1) is 31.4. The van der Waals surface area contributed by atoms with E-state index in [1.807, 2.05) is 11.3 Å². The average Bonchev–Trinajstić information content (AvgIpc) is 3.24. The zero-order valence-corrected chi connectivity index (χ0v) is 22.8. The van der Waals surface area contributed by atoms with Crippen molar-refractivity contribution in [1.82, 2.24) is 9.80 Å². The first-order chi connectivity index (χ1) is 18.0. The van der Waals surface area contributed by atoms with Crippen LogP contribution in [0.1, 0.15) is 40.8 Å². The number of aliphatic carboxylic acids is 3. The number of hydrogen-bond acceptors (Lipinski definition) is 8. The van der Waals surface area contributed by atoms with Gasteiger partial charge in [-0.25, -0.2) is 4.79 Å². The van der Waals surface area contributed by atoms with Gasteiger partial charge in [0.15, 0.2) is 5.60 Å². The summed E-state index contributed by atoms with van der Waals surface area (Å²) in [6, 6.07) is 11.2. The second-order valence-electron chi connectivity index (χ2n) is 9.51. The molecule has 0 atom stereocenters. The van der Waals surface area contributed by atoms with Crippen LogP contribution in [0.2, 0.25) is 0 Å². The highest BCUT2D eigenvalue weighted by atomic mass is 32.1. The van der Waals surface area contributed by atoms with Crippen molar-refractivity contribution in [2.75, 3.05) is 39.4 Å². The maximum absolute atomic E-state index is 10.3. The van der Waals surface area contributed by atoms with Crippen LogP contribution >= 0.6 is 11.3 Å². The maximum Gasteiger partial charge on any atom is 0.336 e. The van der Waals surface area contributed by atoms with Gasteiger partial charge in [0, 0.05) is 37.6 Å². The van der Waals surface area contributed by atoms with Gasteiger partial charge in [-0.05, 0) is 49.4 Å². The molecule has 0 saturated carbocycles. The summed E-state index contributed by atoms with van der Waals surface area (Å²) in [7, 11) is 0. The molecule has 1 saturated heterocycles. The van der Waals surface area contributed by atoms with E-state index in [2.05, 4.69) is 59.4 Å². The van der Waals surface area contributed by atoms with Crippen molar-refractivity contribution >= 4 is 29.2 Å². The van der Waals surface area contributed by atoms with Crippen LogP contribution in [-0.4, -0.2) is 93.1 Å². The molecule has 0 radical (unpaired) electrons. The Morgan fingerprint density at radius 1 is 0.974 bits per heavy atom. The van der Waals surface area contributed by atoms with Crippen molar-refractivity contribution in [3.63, 3.8) is 0 Å². The molecule has 0 aliphatic carbocycles. The second-order valence-corrected chi connectivity index (χ2v) is 10.5. The van der Waals surface area contributed by atoms with Crippen LogP contribution in [0.15, 0.2) is 35.7 Å². The van der Waals surface area contributed by atoms with E-state index in [4.69, 9.17) is 25.2 Å². The lowest BCUT2D eigenvalue weighted by Crippen LogP contribution is -2.42. The number of hydrogen-bond donors (Lipinski definition) is 4. The molecule has 1 aliphatic heterocycles. The number of ether oxygens (including phenoxy) is 1. The van der Waals surface area contributed by atoms with Gasteiger partial charge in [0.05, 0.1) is 26.1 Å². The summed E-state index contributed by atoms with van der Waals surface area (Å²) in [6.45, 7) is 12.7. The molecule has 11 heteroatoms. The topological polar surface area (TPSA) is 148 Å². The number of morpholine rings is 1. The van der Waals surface area contributed by atoms with E-state index in [1.165, 1.54) is 34.5 Å². The van der Waals surface area contributed by atoms with E-state index >= 15 is 0 Å². The molecular formula is C27H38N2O8S. The van der Waals surface area contributed by atoms with Crippen molar-refractivity contribution in [1.29, 1.82) is 0 Å². The molecule has 0 spiro atoms. The number of benzene rings is 1. The first-order valence-corrected chi connectivity index (χ1v) is 13.4. The lowest BCUT2D eigenvalue weighted by Gasteiger charge is -2.28. The van der Waals surface area contributed by atoms with Crippen molar-refractivity contribution < 1.29 is 39.5 Å². The number of thiophene rings is 1. The second kappa shape index (κ2) is 15.6. The Hall–Kier alpha value is -2.83. The lowest BCUT2D eigenvalue weighted by molar-refractivity contribution is -0.170. The molecular weight excluding hydrogens is 512 g/mol. The van der Waals surface area contributed by atoms with Crippen LogP contribution < -0.4 is 0 Å². The zero-order chi connectivity index (χ0) is 28.1. The Morgan fingerprint density at radius 3 is 2.08 bits per heavy atom. The third-order valence-electron chi connectivity index (χ3n) is 6.20. The van der Waals surface area contributed by atoms with E-state index in [1.54, 1.807) is 0 Å². The van der Waals surface area contributed by atoms with Crippen molar-refractivity contribution in [3.8, 4) is 0 Å². The van der Waals surface area contributed by atoms with E-state index in [0.717, 1.165) is 45.9 Å². The largest absolute Gasteiger partial charge is 0.481 e. The number of aryl methyl sites for hydroxylation is 2. The Kier molecular flexibility index (Phi) is 12.8. The third kappa shape index (κ3) is 11.3. The normalized spacial score (nSPS) is 14.1. The first-order valence-electron chi connectivity index (χ1n) is 12.5. The summed E-state index contributed by atoms with van der Waals surface area (Å²) >= 11 is 1.88. The fourth-order valence-corrected chi connectivity index (χ4v) is 4.94. The number of carboxylic acid groups (broad SMARTS) is 3. The van der Waals surface area contributed by atoms with E-state index in [9.17, 15) is 14.4 Å². The Labute approximate surface area is 227 Å². The highest BCUT2D eigenvalue weighted by Crippen LogP contribution is 2.20. The van der Waals surface area contributed by atoms with Crippen LogP contribution in [-0.2, 0) is 32.2 Å². The molecule has 4 N–H and O–H groups in total. The minimum atomic E-state index is -2.74. The lowest BCUT2D eigenvalue weighted by atomic mass is 9.96. The van der Waals surface area contributed by atoms with Crippen molar-refractivity contribution in [2.45, 2.75) is 51.8 Å². The Morgan fingerprint density at radius 2 is 1.58 bits per heavy atom. The number of carbonyl (C=O) groups is 3. The van der Waals surface area contributed by atoms with Crippen LogP contribution in [0.25, 0.3) is 0 Å². The fourth-order valence-electron chi connectivity index (χ4n) is 3.99. The highest BCUT2D eigenvalue weighted by Gasteiger charge is 2.40. The van der Waals surface area contributed by atoms with Crippen LogP contribution in [0, 0.1) is 13.8 Å². The number of rotatable bonds is 13. The predicted molar refractivity (Wildman–Crippen MR) is 143 cm³/mol. The predicted octanol–water partition coefficient (Wildman–Crippen LogP) is 2.84. The number of aliphatic hydroxyl groups is 1. The minimum Gasteiger partial charge on any atom is -0.481 e. The molecule has 2 heterocycles. The van der Waals surface area contributed by atoms with E-state index in [0.29, 0.717) is 0 Å². The SMILES string of the molecule is Cc1ccc(CN(CCCN2CCOCC2)Cc2sccc2C)cc1.O=C(O)CC(O)(CC(=O)O)C(=O)O. The summed E-state index contributed by atoms with van der Waals surface area (Å²) in [5.74, 6) is -5.02. The Bertz CT molecular complexity index is 1020. The summed E-state index contributed by atoms with van der Waals surface area (Å²) < 4.78 is 5.45. The molecule has 2 aromatic rings. The summed E-state index contributed by atoms with van der Waals surface area (Å²) in [4.78, 5) is 37.1. The minimum absolute atomic E-state index is 0.890. The molecule has 0 amide bonds. The summed E-state index contributed by atoms with van der Waals surface area (Å²) in [5, 5.41) is 36.0. The summed E-state index contributed by atoms with van der Waals surface area (Å²) in [6.07, 6.45) is -1.07. The molecule has 1 aliphatic rings.